The Morgan fingerprint density at radius 3 is 2.08 bits per heavy atom. The van der Waals surface area contributed by atoms with Crippen LogP contribution in [0.3, 0.4) is 0 Å². The second kappa shape index (κ2) is 5.73. The molecule has 2 aliphatic rings. The number of hydrogen-bond donors (Lipinski definition) is 1. The fraction of sp³-hybridized carbons (Fsp3) is 0.933. The van der Waals surface area contributed by atoms with Crippen LogP contribution >= 0.6 is 0 Å². The van der Waals surface area contributed by atoms with Gasteiger partial charge in [-0.2, -0.15) is 26.3 Å². The molecule has 0 radical (unpaired) electrons. The highest BCUT2D eigenvalue weighted by molar-refractivity contribution is 5.89. The first-order valence-corrected chi connectivity index (χ1v) is 7.97. The number of likely N-dealkylation sites (tertiary alicyclic amines) is 1. The number of ether oxygens (including phenoxy) is 1. The van der Waals surface area contributed by atoms with Gasteiger partial charge in [-0.1, -0.05) is 13.8 Å². The summed E-state index contributed by atoms with van der Waals surface area (Å²) in [4.78, 5) is 13.3. The zero-order chi connectivity index (χ0) is 19.5. The number of hydrogen-bond acceptors (Lipinski definition) is 3. The highest BCUT2D eigenvalue weighted by atomic mass is 19.4. The lowest BCUT2D eigenvalue weighted by atomic mass is 9.54. The van der Waals surface area contributed by atoms with E-state index in [4.69, 9.17) is 10.5 Å². The molecule has 1 amide bonds. The van der Waals surface area contributed by atoms with Crippen LogP contribution in [0.5, 0.6) is 0 Å². The van der Waals surface area contributed by atoms with Crippen molar-refractivity contribution in [1.82, 2.24) is 4.90 Å². The molecule has 25 heavy (non-hydrogen) atoms. The maximum atomic E-state index is 13.1. The van der Waals surface area contributed by atoms with Crippen molar-refractivity contribution in [1.29, 1.82) is 0 Å². The highest BCUT2D eigenvalue weighted by Crippen LogP contribution is 2.57. The normalized spacial score (nSPS) is 31.8. The average molecular weight is 376 g/mol. The standard InChI is InChI=1S/C15H22F6N2O2/c1-4-25-9-7-13(22,11(9,2)3)10(24)23-6-5-12(8-23,14(16,17)18)15(19,20)21/h9H,4-8,22H2,1-3H3. The number of carbonyl (C=O) groups is 1. The molecule has 2 atom stereocenters. The second-order valence-electron chi connectivity index (χ2n) is 7.40. The topological polar surface area (TPSA) is 55.6 Å². The Morgan fingerprint density at radius 2 is 1.72 bits per heavy atom. The minimum absolute atomic E-state index is 0.0637. The van der Waals surface area contributed by atoms with Gasteiger partial charge >= 0.3 is 12.4 Å². The number of carbonyl (C=O) groups excluding carboxylic acids is 1. The third kappa shape index (κ3) is 2.72. The van der Waals surface area contributed by atoms with E-state index in [0.717, 1.165) is 0 Å². The van der Waals surface area contributed by atoms with Crippen molar-refractivity contribution in [2.75, 3.05) is 19.7 Å². The highest BCUT2D eigenvalue weighted by Gasteiger charge is 2.74. The minimum atomic E-state index is -5.50. The summed E-state index contributed by atoms with van der Waals surface area (Å²) in [6.07, 6.45) is -12.5. The molecule has 10 heteroatoms. The monoisotopic (exact) mass is 376 g/mol. The molecule has 0 aromatic heterocycles. The zero-order valence-corrected chi connectivity index (χ0v) is 14.2. The number of amides is 1. The summed E-state index contributed by atoms with van der Waals surface area (Å²) in [5.74, 6) is -0.885. The largest absolute Gasteiger partial charge is 0.404 e. The number of nitrogens with zero attached hydrogens (tertiary/aromatic N) is 1. The summed E-state index contributed by atoms with van der Waals surface area (Å²) < 4.78 is 84.3. The van der Waals surface area contributed by atoms with E-state index in [1.54, 1.807) is 20.8 Å². The average Bonchev–Trinajstić information content (AvgIpc) is 2.92. The van der Waals surface area contributed by atoms with Gasteiger partial charge in [0.05, 0.1) is 6.10 Å². The van der Waals surface area contributed by atoms with Crippen molar-refractivity contribution >= 4 is 5.91 Å². The van der Waals surface area contributed by atoms with Gasteiger partial charge in [0.1, 0.15) is 5.54 Å². The summed E-state index contributed by atoms with van der Waals surface area (Å²) in [5.41, 5.74) is -0.235. The van der Waals surface area contributed by atoms with Gasteiger partial charge in [0.15, 0.2) is 5.41 Å². The molecule has 1 saturated heterocycles. The first-order chi connectivity index (χ1) is 11.1. The van der Waals surface area contributed by atoms with Gasteiger partial charge in [-0.15, -0.1) is 0 Å². The molecule has 1 saturated carbocycles. The summed E-state index contributed by atoms with van der Waals surface area (Å²) >= 11 is 0. The number of rotatable bonds is 3. The van der Waals surface area contributed by atoms with Gasteiger partial charge in [0, 0.05) is 31.5 Å². The van der Waals surface area contributed by atoms with E-state index < -0.39 is 54.1 Å². The number of nitrogens with two attached hydrogens (primary N) is 1. The fourth-order valence-electron chi connectivity index (χ4n) is 3.69. The first-order valence-electron chi connectivity index (χ1n) is 7.97. The second-order valence-corrected chi connectivity index (χ2v) is 7.40. The van der Waals surface area contributed by atoms with Crippen molar-refractivity contribution in [3.63, 3.8) is 0 Å². The van der Waals surface area contributed by atoms with Crippen LogP contribution in [0.25, 0.3) is 0 Å². The molecule has 0 aromatic rings. The van der Waals surface area contributed by atoms with Crippen LogP contribution in [0.2, 0.25) is 0 Å². The van der Waals surface area contributed by atoms with Crippen LogP contribution < -0.4 is 5.73 Å². The summed E-state index contributed by atoms with van der Waals surface area (Å²) in [6.45, 7) is 3.29. The van der Waals surface area contributed by atoms with E-state index in [-0.39, 0.29) is 12.5 Å². The Morgan fingerprint density at radius 1 is 1.20 bits per heavy atom. The molecule has 1 aliphatic carbocycles. The molecule has 0 bridgehead atoms. The molecule has 2 unspecified atom stereocenters. The molecule has 2 fully saturated rings. The predicted molar refractivity (Wildman–Crippen MR) is 76.5 cm³/mol. The fourth-order valence-corrected chi connectivity index (χ4v) is 3.69. The Hall–Kier alpha value is -1.03. The molecule has 146 valence electrons. The smallest absolute Gasteiger partial charge is 0.378 e. The van der Waals surface area contributed by atoms with Crippen LogP contribution in [0.15, 0.2) is 0 Å². The maximum absolute atomic E-state index is 13.1. The predicted octanol–water partition coefficient (Wildman–Crippen LogP) is 2.86. The molecular formula is C15H22F6N2O2. The van der Waals surface area contributed by atoms with Crippen molar-refractivity contribution in [2.45, 2.75) is 57.6 Å². The van der Waals surface area contributed by atoms with Crippen LogP contribution in [-0.4, -0.2) is 54.5 Å². The summed E-state index contributed by atoms with van der Waals surface area (Å²) in [6, 6.07) is 0. The van der Waals surface area contributed by atoms with E-state index in [1.165, 1.54) is 0 Å². The molecule has 2 N–H and O–H groups in total. The van der Waals surface area contributed by atoms with Crippen molar-refractivity contribution in [3.8, 4) is 0 Å². The number of halogens is 6. The van der Waals surface area contributed by atoms with E-state index >= 15 is 0 Å². The van der Waals surface area contributed by atoms with Crippen molar-refractivity contribution in [2.24, 2.45) is 16.6 Å². The van der Waals surface area contributed by atoms with E-state index in [1.807, 2.05) is 0 Å². The van der Waals surface area contributed by atoms with Gasteiger partial charge in [-0.25, -0.2) is 0 Å². The van der Waals surface area contributed by atoms with Gasteiger partial charge < -0.3 is 15.4 Å². The SMILES string of the molecule is CCOC1CC(N)(C(=O)N2CCC(C(F)(F)F)(C(F)(F)F)C2)C1(C)C. The van der Waals surface area contributed by atoms with Gasteiger partial charge in [-0.05, 0) is 13.3 Å². The Bertz CT molecular complexity index is 531. The Kier molecular flexibility index (Phi) is 4.65. The molecule has 0 spiro atoms. The Balaban J connectivity index is 2.23. The lowest BCUT2D eigenvalue weighted by Crippen LogP contribution is -2.76. The molecule has 1 aliphatic heterocycles. The first kappa shape index (κ1) is 20.3. The Labute approximate surface area is 141 Å². The molecule has 2 rings (SSSR count). The lowest BCUT2D eigenvalue weighted by molar-refractivity contribution is -0.335. The summed E-state index contributed by atoms with van der Waals surface area (Å²) in [5, 5.41) is 0. The lowest BCUT2D eigenvalue weighted by Gasteiger charge is -2.58. The quantitative estimate of drug-likeness (QED) is 0.771. The molecule has 0 aromatic carbocycles. The third-order valence-corrected chi connectivity index (χ3v) is 5.85. The van der Waals surface area contributed by atoms with Crippen molar-refractivity contribution in [3.05, 3.63) is 0 Å². The van der Waals surface area contributed by atoms with Gasteiger partial charge in [0.2, 0.25) is 5.91 Å². The zero-order valence-electron chi connectivity index (χ0n) is 14.2. The third-order valence-electron chi connectivity index (χ3n) is 5.85. The maximum Gasteiger partial charge on any atom is 0.404 e. The van der Waals surface area contributed by atoms with Crippen LogP contribution in [0, 0.1) is 10.8 Å². The number of alkyl halides is 6. The molecule has 1 heterocycles. The van der Waals surface area contributed by atoms with Crippen LogP contribution in [0.4, 0.5) is 26.3 Å². The summed E-state index contributed by atoms with van der Waals surface area (Å²) in [7, 11) is 0. The van der Waals surface area contributed by atoms with E-state index in [2.05, 4.69) is 0 Å². The van der Waals surface area contributed by atoms with Gasteiger partial charge in [0.25, 0.3) is 0 Å². The minimum Gasteiger partial charge on any atom is -0.378 e. The van der Waals surface area contributed by atoms with E-state index in [0.29, 0.717) is 11.5 Å². The van der Waals surface area contributed by atoms with Crippen LogP contribution in [0.1, 0.15) is 33.6 Å². The van der Waals surface area contributed by atoms with E-state index in [9.17, 15) is 31.1 Å². The van der Waals surface area contributed by atoms with Crippen molar-refractivity contribution < 1.29 is 35.9 Å². The molecular weight excluding hydrogens is 354 g/mol. The van der Waals surface area contributed by atoms with Gasteiger partial charge in [-0.3, -0.25) is 4.79 Å². The molecule has 4 nitrogen and oxygen atoms in total. The van der Waals surface area contributed by atoms with Crippen LogP contribution in [-0.2, 0) is 9.53 Å².